The second kappa shape index (κ2) is 6.72. The van der Waals surface area contributed by atoms with Crippen molar-refractivity contribution in [3.63, 3.8) is 0 Å². The number of carbonyl (C=O) groups excluding carboxylic acids is 1. The minimum absolute atomic E-state index is 0.230. The van der Waals surface area contributed by atoms with Crippen LogP contribution in [0, 0.1) is 0 Å². The molecular formula is C14H16N4O4. The lowest BCUT2D eigenvalue weighted by atomic mass is 10.3. The van der Waals surface area contributed by atoms with Gasteiger partial charge in [0.2, 0.25) is 0 Å². The predicted molar refractivity (Wildman–Crippen MR) is 79.4 cm³/mol. The molecule has 0 atom stereocenters. The van der Waals surface area contributed by atoms with Crippen LogP contribution in [0.25, 0.3) is 5.69 Å². The molecule has 0 aliphatic heterocycles. The molecule has 0 aliphatic carbocycles. The lowest BCUT2D eigenvalue weighted by molar-refractivity contribution is 0.0944. The number of methoxy groups -OCH3 is 1. The number of carbonyl (C=O) groups is 1. The summed E-state index contributed by atoms with van der Waals surface area (Å²) in [5.74, 6) is -0.701. The van der Waals surface area contributed by atoms with Crippen LogP contribution >= 0.6 is 0 Å². The number of amides is 1. The summed E-state index contributed by atoms with van der Waals surface area (Å²) in [6.07, 6.45) is 0. The van der Waals surface area contributed by atoms with Gasteiger partial charge in [-0.15, -0.1) is 0 Å². The fourth-order valence-corrected chi connectivity index (χ4v) is 1.86. The molecule has 1 aromatic heterocycles. The van der Waals surface area contributed by atoms with E-state index < -0.39 is 17.2 Å². The van der Waals surface area contributed by atoms with Gasteiger partial charge in [0.05, 0.1) is 7.11 Å². The Morgan fingerprint density at radius 3 is 2.86 bits per heavy atom. The van der Waals surface area contributed by atoms with Crippen LogP contribution in [0.4, 0.5) is 0 Å². The van der Waals surface area contributed by atoms with E-state index >= 15 is 0 Å². The standard InChI is InChI=1S/C14H16N4O4/c1-22-11-5-3-2-4-9(11)18-12(20)8-10(19)13(17-18)14(21)16-7-6-15/h2-5,8,19H,6-7,15H2,1H3,(H,16,21). The smallest absolute Gasteiger partial charge is 0.275 e. The average molecular weight is 304 g/mol. The first-order valence-electron chi connectivity index (χ1n) is 6.53. The van der Waals surface area contributed by atoms with Gasteiger partial charge in [0.15, 0.2) is 11.4 Å². The van der Waals surface area contributed by atoms with Crippen molar-refractivity contribution in [3.05, 3.63) is 46.4 Å². The molecule has 2 aromatic rings. The summed E-state index contributed by atoms with van der Waals surface area (Å²) in [6, 6.07) is 7.64. The van der Waals surface area contributed by atoms with E-state index in [2.05, 4.69) is 10.4 Å². The normalized spacial score (nSPS) is 10.3. The molecule has 1 heterocycles. The zero-order valence-corrected chi connectivity index (χ0v) is 11.9. The maximum absolute atomic E-state index is 12.0. The van der Waals surface area contributed by atoms with Crippen molar-refractivity contribution < 1.29 is 14.6 Å². The number of hydrogen-bond acceptors (Lipinski definition) is 6. The average Bonchev–Trinajstić information content (AvgIpc) is 2.52. The quantitative estimate of drug-likeness (QED) is 0.693. The maximum atomic E-state index is 12.0. The van der Waals surface area contributed by atoms with Gasteiger partial charge in [-0.05, 0) is 12.1 Å². The maximum Gasteiger partial charge on any atom is 0.275 e. The Morgan fingerprint density at radius 2 is 2.18 bits per heavy atom. The predicted octanol–water partition coefficient (Wildman–Crippen LogP) is -0.365. The van der Waals surface area contributed by atoms with Crippen LogP contribution in [0.5, 0.6) is 11.5 Å². The molecule has 0 aliphatic rings. The zero-order valence-electron chi connectivity index (χ0n) is 11.9. The molecule has 2 rings (SSSR count). The Bertz CT molecular complexity index is 742. The number of nitrogens with zero attached hydrogens (tertiary/aromatic N) is 2. The minimum atomic E-state index is -0.619. The van der Waals surface area contributed by atoms with E-state index in [1.54, 1.807) is 24.3 Å². The third kappa shape index (κ3) is 3.07. The molecular weight excluding hydrogens is 288 g/mol. The van der Waals surface area contributed by atoms with Gasteiger partial charge in [0, 0.05) is 19.2 Å². The first-order valence-corrected chi connectivity index (χ1v) is 6.53. The van der Waals surface area contributed by atoms with Crippen LogP contribution in [0.15, 0.2) is 35.1 Å². The third-order valence-electron chi connectivity index (χ3n) is 2.87. The van der Waals surface area contributed by atoms with Gasteiger partial charge in [-0.3, -0.25) is 9.59 Å². The number of benzene rings is 1. The number of rotatable bonds is 5. The summed E-state index contributed by atoms with van der Waals surface area (Å²) in [5.41, 5.74) is 4.82. The molecule has 0 fully saturated rings. The lowest BCUT2D eigenvalue weighted by Crippen LogP contribution is -2.32. The lowest BCUT2D eigenvalue weighted by Gasteiger charge is -2.11. The number of hydrogen-bond donors (Lipinski definition) is 3. The SMILES string of the molecule is COc1ccccc1-n1nc(C(=O)NCCN)c(O)cc1=O. The van der Waals surface area contributed by atoms with Crippen molar-refractivity contribution in [3.8, 4) is 17.2 Å². The summed E-state index contributed by atoms with van der Waals surface area (Å²) < 4.78 is 6.17. The first kappa shape index (κ1) is 15.5. The molecule has 8 heteroatoms. The van der Waals surface area contributed by atoms with Crippen LogP contribution in [0.2, 0.25) is 0 Å². The van der Waals surface area contributed by atoms with Gasteiger partial charge in [-0.2, -0.15) is 9.78 Å². The van der Waals surface area contributed by atoms with E-state index in [1.165, 1.54) is 7.11 Å². The Hall–Kier alpha value is -2.87. The summed E-state index contributed by atoms with van der Waals surface area (Å²) in [5, 5.41) is 16.2. The van der Waals surface area contributed by atoms with Crippen LogP contribution in [-0.4, -0.2) is 41.0 Å². The molecule has 0 bridgehead atoms. The molecule has 0 spiro atoms. The summed E-state index contributed by atoms with van der Waals surface area (Å²) in [7, 11) is 1.46. The molecule has 0 radical (unpaired) electrons. The van der Waals surface area contributed by atoms with E-state index in [0.29, 0.717) is 11.4 Å². The van der Waals surface area contributed by atoms with Gasteiger partial charge in [-0.1, -0.05) is 12.1 Å². The number of nitrogens with two attached hydrogens (primary N) is 1. The Morgan fingerprint density at radius 1 is 1.45 bits per heavy atom. The highest BCUT2D eigenvalue weighted by Crippen LogP contribution is 2.21. The Balaban J connectivity index is 2.53. The van der Waals surface area contributed by atoms with Crippen molar-refractivity contribution in [1.82, 2.24) is 15.1 Å². The van der Waals surface area contributed by atoms with Gasteiger partial charge < -0.3 is 20.9 Å². The van der Waals surface area contributed by atoms with Crippen molar-refractivity contribution in [2.45, 2.75) is 0 Å². The molecule has 0 unspecified atom stereocenters. The van der Waals surface area contributed by atoms with Crippen LogP contribution < -0.4 is 21.3 Å². The largest absolute Gasteiger partial charge is 0.505 e. The monoisotopic (exact) mass is 304 g/mol. The molecule has 1 aromatic carbocycles. The summed E-state index contributed by atoms with van der Waals surface area (Å²) >= 11 is 0. The topological polar surface area (TPSA) is 119 Å². The third-order valence-corrected chi connectivity index (χ3v) is 2.87. The highest BCUT2D eigenvalue weighted by Gasteiger charge is 2.17. The number of aromatic nitrogens is 2. The van der Waals surface area contributed by atoms with Gasteiger partial charge in [0.25, 0.3) is 11.5 Å². The van der Waals surface area contributed by atoms with Gasteiger partial charge in [-0.25, -0.2) is 0 Å². The summed E-state index contributed by atoms with van der Waals surface area (Å²) in [4.78, 5) is 24.0. The molecule has 1 amide bonds. The fourth-order valence-electron chi connectivity index (χ4n) is 1.86. The number of ether oxygens (including phenoxy) is 1. The molecule has 0 saturated heterocycles. The van der Waals surface area contributed by atoms with Crippen molar-refractivity contribution in [1.29, 1.82) is 0 Å². The van der Waals surface area contributed by atoms with Crippen LogP contribution in [0.3, 0.4) is 0 Å². The molecule has 116 valence electrons. The second-order valence-electron chi connectivity index (χ2n) is 4.34. The fraction of sp³-hybridized carbons (Fsp3) is 0.214. The Labute approximate surface area is 126 Å². The second-order valence-corrected chi connectivity index (χ2v) is 4.34. The van der Waals surface area contributed by atoms with E-state index in [-0.39, 0.29) is 18.8 Å². The van der Waals surface area contributed by atoms with Crippen molar-refractivity contribution in [2.75, 3.05) is 20.2 Å². The molecule has 8 nitrogen and oxygen atoms in total. The van der Waals surface area contributed by atoms with Crippen molar-refractivity contribution in [2.24, 2.45) is 5.73 Å². The van der Waals surface area contributed by atoms with E-state index in [4.69, 9.17) is 10.5 Å². The number of para-hydroxylation sites is 2. The zero-order chi connectivity index (χ0) is 16.1. The van der Waals surface area contributed by atoms with E-state index in [1.807, 2.05) is 0 Å². The minimum Gasteiger partial charge on any atom is -0.505 e. The van der Waals surface area contributed by atoms with Crippen molar-refractivity contribution >= 4 is 5.91 Å². The Kier molecular flexibility index (Phi) is 4.74. The molecule has 22 heavy (non-hydrogen) atoms. The van der Waals surface area contributed by atoms with E-state index in [9.17, 15) is 14.7 Å². The van der Waals surface area contributed by atoms with Crippen LogP contribution in [0.1, 0.15) is 10.5 Å². The molecule has 0 saturated carbocycles. The molecule has 4 N–H and O–H groups in total. The summed E-state index contributed by atoms with van der Waals surface area (Å²) in [6.45, 7) is 0.479. The highest BCUT2D eigenvalue weighted by molar-refractivity contribution is 5.94. The number of nitrogens with one attached hydrogen (secondary N) is 1. The van der Waals surface area contributed by atoms with E-state index in [0.717, 1.165) is 10.7 Å². The first-order chi connectivity index (χ1) is 10.6. The van der Waals surface area contributed by atoms with Gasteiger partial charge >= 0.3 is 0 Å². The number of aromatic hydroxyl groups is 1. The van der Waals surface area contributed by atoms with Gasteiger partial charge in [0.1, 0.15) is 11.4 Å². The van der Waals surface area contributed by atoms with Crippen LogP contribution in [-0.2, 0) is 0 Å². The highest BCUT2D eigenvalue weighted by atomic mass is 16.5.